The smallest absolute Gasteiger partial charge is 0.271 e. The number of nitrogens with zero attached hydrogens (tertiary/aromatic N) is 1. The summed E-state index contributed by atoms with van der Waals surface area (Å²) in [6, 6.07) is 24.6. The van der Waals surface area contributed by atoms with E-state index in [9.17, 15) is 4.79 Å². The number of nitrogens with one attached hydrogen (secondary N) is 1. The molecule has 3 aromatic rings. The number of rotatable bonds is 8. The molecule has 0 bridgehead atoms. The van der Waals surface area contributed by atoms with Crippen LogP contribution in [0.15, 0.2) is 84.0 Å². The van der Waals surface area contributed by atoms with E-state index in [4.69, 9.17) is 9.47 Å². The van der Waals surface area contributed by atoms with Crippen LogP contribution in [0.2, 0.25) is 0 Å². The zero-order valence-corrected chi connectivity index (χ0v) is 16.6. The molecule has 0 aromatic heterocycles. The second-order valence-corrected chi connectivity index (χ2v) is 6.39. The molecule has 0 heterocycles. The molecule has 1 N–H and O–H groups in total. The lowest BCUT2D eigenvalue weighted by molar-refractivity contribution is 0.0955. The van der Waals surface area contributed by atoms with Gasteiger partial charge in [-0.2, -0.15) is 5.10 Å². The average molecular weight is 388 g/mol. The van der Waals surface area contributed by atoms with Crippen LogP contribution < -0.4 is 14.9 Å². The zero-order valence-electron chi connectivity index (χ0n) is 16.6. The van der Waals surface area contributed by atoms with E-state index in [1.807, 2.05) is 68.4 Å². The standard InChI is InChI=1S/C24H24N2O3/c1-3-28-22-15-11-21(12-16-22)24(27)26-25-18(2)20-9-13-23(14-10-20)29-17-19-7-5-4-6-8-19/h4-16H,3,17H2,1-2H3,(H,26,27). The van der Waals surface area contributed by atoms with Crippen LogP contribution in [-0.2, 0) is 6.61 Å². The summed E-state index contributed by atoms with van der Waals surface area (Å²) in [6.45, 7) is 4.87. The molecule has 0 atom stereocenters. The largest absolute Gasteiger partial charge is 0.494 e. The fourth-order valence-electron chi connectivity index (χ4n) is 2.67. The van der Waals surface area contributed by atoms with Gasteiger partial charge in [-0.05, 0) is 73.5 Å². The van der Waals surface area contributed by atoms with E-state index in [2.05, 4.69) is 10.5 Å². The van der Waals surface area contributed by atoms with Gasteiger partial charge in [-0.1, -0.05) is 30.3 Å². The van der Waals surface area contributed by atoms with Crippen molar-refractivity contribution in [3.8, 4) is 11.5 Å². The van der Waals surface area contributed by atoms with E-state index in [1.54, 1.807) is 24.3 Å². The Morgan fingerprint density at radius 2 is 1.41 bits per heavy atom. The second kappa shape index (κ2) is 10.1. The third kappa shape index (κ3) is 5.94. The van der Waals surface area contributed by atoms with Crippen molar-refractivity contribution in [2.24, 2.45) is 5.10 Å². The molecule has 3 rings (SSSR count). The maximum absolute atomic E-state index is 12.2. The van der Waals surface area contributed by atoms with Gasteiger partial charge >= 0.3 is 0 Å². The van der Waals surface area contributed by atoms with Crippen LogP contribution in [0.25, 0.3) is 0 Å². The summed E-state index contributed by atoms with van der Waals surface area (Å²) in [5, 5.41) is 4.20. The van der Waals surface area contributed by atoms with Crippen molar-refractivity contribution in [3.63, 3.8) is 0 Å². The highest BCUT2D eigenvalue weighted by Gasteiger charge is 2.06. The molecule has 0 radical (unpaired) electrons. The van der Waals surface area contributed by atoms with Gasteiger partial charge in [0, 0.05) is 5.56 Å². The fourth-order valence-corrected chi connectivity index (χ4v) is 2.67. The van der Waals surface area contributed by atoms with E-state index >= 15 is 0 Å². The number of hydrogen-bond donors (Lipinski definition) is 1. The first-order valence-electron chi connectivity index (χ1n) is 9.50. The predicted octanol–water partition coefficient (Wildman–Crippen LogP) is 4.82. The molecule has 0 aliphatic carbocycles. The maximum Gasteiger partial charge on any atom is 0.271 e. The van der Waals surface area contributed by atoms with E-state index < -0.39 is 0 Å². The van der Waals surface area contributed by atoms with Crippen molar-refractivity contribution < 1.29 is 14.3 Å². The molecule has 0 aliphatic rings. The molecule has 5 nitrogen and oxygen atoms in total. The summed E-state index contributed by atoms with van der Waals surface area (Å²) < 4.78 is 11.2. The van der Waals surface area contributed by atoms with Crippen molar-refractivity contribution in [2.75, 3.05) is 6.61 Å². The van der Waals surface area contributed by atoms with Gasteiger partial charge in [-0.15, -0.1) is 0 Å². The van der Waals surface area contributed by atoms with E-state index in [1.165, 1.54) is 0 Å². The molecule has 29 heavy (non-hydrogen) atoms. The minimum atomic E-state index is -0.268. The number of hydrazone groups is 1. The molecule has 0 aliphatic heterocycles. The number of carbonyl (C=O) groups excluding carboxylic acids is 1. The van der Waals surface area contributed by atoms with Gasteiger partial charge in [-0.25, -0.2) is 5.43 Å². The number of ether oxygens (including phenoxy) is 2. The number of hydrogen-bond acceptors (Lipinski definition) is 4. The van der Waals surface area contributed by atoms with E-state index in [0.29, 0.717) is 24.5 Å². The predicted molar refractivity (Wildman–Crippen MR) is 115 cm³/mol. The van der Waals surface area contributed by atoms with Crippen molar-refractivity contribution in [1.82, 2.24) is 5.43 Å². The Morgan fingerprint density at radius 1 is 0.828 bits per heavy atom. The maximum atomic E-state index is 12.2. The van der Waals surface area contributed by atoms with Crippen LogP contribution >= 0.6 is 0 Å². The highest BCUT2D eigenvalue weighted by Crippen LogP contribution is 2.15. The van der Waals surface area contributed by atoms with Gasteiger partial charge in [0.1, 0.15) is 18.1 Å². The molecule has 1 amide bonds. The van der Waals surface area contributed by atoms with Gasteiger partial charge in [0.15, 0.2) is 0 Å². The highest BCUT2D eigenvalue weighted by atomic mass is 16.5. The van der Waals surface area contributed by atoms with E-state index in [-0.39, 0.29) is 5.91 Å². The molecule has 0 unspecified atom stereocenters. The Hall–Kier alpha value is -3.60. The fraction of sp³-hybridized carbons (Fsp3) is 0.167. The van der Waals surface area contributed by atoms with Crippen molar-refractivity contribution >= 4 is 11.6 Å². The molecule has 3 aromatic carbocycles. The van der Waals surface area contributed by atoms with Crippen molar-refractivity contribution in [3.05, 3.63) is 95.6 Å². The lowest BCUT2D eigenvalue weighted by Crippen LogP contribution is -2.19. The Kier molecular flexibility index (Phi) is 7.00. The normalized spacial score (nSPS) is 11.0. The van der Waals surface area contributed by atoms with Gasteiger partial charge < -0.3 is 9.47 Å². The number of benzene rings is 3. The lowest BCUT2D eigenvalue weighted by atomic mass is 10.1. The SMILES string of the molecule is CCOc1ccc(C(=O)NN=C(C)c2ccc(OCc3ccccc3)cc2)cc1. The molecule has 0 saturated carbocycles. The highest BCUT2D eigenvalue weighted by molar-refractivity contribution is 6.00. The van der Waals surface area contributed by atoms with Gasteiger partial charge in [-0.3, -0.25) is 4.79 Å². The molecule has 5 heteroatoms. The van der Waals surface area contributed by atoms with Crippen LogP contribution in [0.5, 0.6) is 11.5 Å². The minimum absolute atomic E-state index is 0.268. The lowest BCUT2D eigenvalue weighted by Gasteiger charge is -2.08. The van der Waals surface area contributed by atoms with Crippen LogP contribution in [-0.4, -0.2) is 18.2 Å². The van der Waals surface area contributed by atoms with Gasteiger partial charge in [0.05, 0.1) is 12.3 Å². The first-order valence-corrected chi connectivity index (χ1v) is 9.50. The summed E-state index contributed by atoms with van der Waals surface area (Å²) in [4.78, 5) is 12.2. The minimum Gasteiger partial charge on any atom is -0.494 e. The Bertz CT molecular complexity index is 950. The summed E-state index contributed by atoms with van der Waals surface area (Å²) in [5.74, 6) is 1.25. The third-order valence-corrected chi connectivity index (χ3v) is 4.27. The average Bonchev–Trinajstić information content (AvgIpc) is 2.77. The first kappa shape index (κ1) is 20.1. The molecule has 0 saturated heterocycles. The van der Waals surface area contributed by atoms with Crippen LogP contribution in [0, 0.1) is 0 Å². The monoisotopic (exact) mass is 388 g/mol. The van der Waals surface area contributed by atoms with Crippen LogP contribution in [0.3, 0.4) is 0 Å². The van der Waals surface area contributed by atoms with Gasteiger partial charge in [0.25, 0.3) is 5.91 Å². The third-order valence-electron chi connectivity index (χ3n) is 4.27. The van der Waals surface area contributed by atoms with Crippen molar-refractivity contribution in [1.29, 1.82) is 0 Å². The summed E-state index contributed by atoms with van der Waals surface area (Å²) in [6.07, 6.45) is 0. The molecule has 0 spiro atoms. The van der Waals surface area contributed by atoms with Crippen LogP contribution in [0.4, 0.5) is 0 Å². The van der Waals surface area contributed by atoms with Crippen LogP contribution in [0.1, 0.15) is 35.3 Å². The molecular formula is C24H24N2O3. The van der Waals surface area contributed by atoms with Gasteiger partial charge in [0.2, 0.25) is 0 Å². The zero-order chi connectivity index (χ0) is 20.5. The summed E-state index contributed by atoms with van der Waals surface area (Å²) >= 11 is 0. The molecule has 0 fully saturated rings. The van der Waals surface area contributed by atoms with E-state index in [0.717, 1.165) is 22.6 Å². The van der Waals surface area contributed by atoms with Crippen molar-refractivity contribution in [2.45, 2.75) is 20.5 Å². The number of amides is 1. The quantitative estimate of drug-likeness (QED) is 0.445. The Balaban J connectivity index is 1.55. The Labute approximate surface area is 171 Å². The molecular weight excluding hydrogens is 364 g/mol. The Morgan fingerprint density at radius 3 is 2.03 bits per heavy atom. The first-order chi connectivity index (χ1) is 14.2. The summed E-state index contributed by atoms with van der Waals surface area (Å²) in [5.41, 5.74) is 5.84. The number of carbonyl (C=O) groups is 1. The summed E-state index contributed by atoms with van der Waals surface area (Å²) in [7, 11) is 0. The topological polar surface area (TPSA) is 59.9 Å². The second-order valence-electron chi connectivity index (χ2n) is 6.39. The molecule has 148 valence electrons.